The van der Waals surface area contributed by atoms with Gasteiger partial charge in [-0.2, -0.15) is 0 Å². The highest BCUT2D eigenvalue weighted by atomic mass is 16.7. The van der Waals surface area contributed by atoms with Gasteiger partial charge in [-0.1, -0.05) is 232 Å². The molecule has 2 heterocycles. The molecular formula is C67H111NO13. The summed E-state index contributed by atoms with van der Waals surface area (Å²) in [5.41, 5.74) is 0. The largest absolute Gasteiger partial charge is 0.394 e. The van der Waals surface area contributed by atoms with Gasteiger partial charge in [-0.25, -0.2) is 0 Å². The van der Waals surface area contributed by atoms with E-state index in [0.29, 0.717) is 12.8 Å². The number of hydrogen-bond acceptors (Lipinski definition) is 13. The minimum atomic E-state index is -1.80. The minimum Gasteiger partial charge on any atom is -0.394 e. The van der Waals surface area contributed by atoms with Gasteiger partial charge in [0.15, 0.2) is 12.6 Å². The summed E-state index contributed by atoms with van der Waals surface area (Å²) in [6, 6.07) is -0.955. The molecule has 2 rings (SSSR count). The Morgan fingerprint density at radius 2 is 0.852 bits per heavy atom. The van der Waals surface area contributed by atoms with Gasteiger partial charge in [-0.05, 0) is 83.5 Å². The molecule has 0 aromatic rings. The molecule has 2 saturated heterocycles. The smallest absolute Gasteiger partial charge is 0.220 e. The molecule has 14 heteroatoms. The molecule has 2 aliphatic heterocycles. The number of ether oxygens (including phenoxy) is 4. The number of hydrogen-bond donors (Lipinski definition) is 9. The van der Waals surface area contributed by atoms with Gasteiger partial charge in [-0.3, -0.25) is 4.79 Å². The fourth-order valence-corrected chi connectivity index (χ4v) is 9.41. The third-order valence-electron chi connectivity index (χ3n) is 14.4. The lowest BCUT2D eigenvalue weighted by Crippen LogP contribution is -2.65. The standard InChI is InChI=1S/C67H111NO13/c1-3-5-7-9-11-13-15-17-19-21-23-24-25-26-27-28-29-30-31-32-33-35-37-39-41-43-45-47-49-51-59(72)68-55(56(71)50-48-46-44-42-40-38-36-34-22-20-18-16-14-12-10-8-6-4-2)54-78-66-64(77)62(75)65(58(53-70)80-66)81-67-63(76)61(74)60(73)57(52-69)79-67/h5,7,11,13,17,19,23-24,26-27,29-30,32-33,37,39,43,45,48,50,55-58,60-67,69-71,73-77H,3-4,6,8-10,12,14-16,18,20-22,25,28,31,34-36,38,40-42,44,46-47,49,51-54H2,1-2H3,(H,68,72)/b7-5-,13-11-,19-17-,24-23-,27-26-,30-29-,33-32-,39-37-,45-43-,50-48+. The topological polar surface area (TPSA) is 228 Å². The van der Waals surface area contributed by atoms with Gasteiger partial charge in [0.05, 0.1) is 32.0 Å². The van der Waals surface area contributed by atoms with Crippen molar-refractivity contribution < 1.29 is 64.6 Å². The van der Waals surface area contributed by atoms with Crippen LogP contribution < -0.4 is 5.32 Å². The second kappa shape index (κ2) is 50.9. The first kappa shape index (κ1) is 73.5. The van der Waals surface area contributed by atoms with Crippen LogP contribution in [0.3, 0.4) is 0 Å². The van der Waals surface area contributed by atoms with Crippen molar-refractivity contribution in [3.05, 3.63) is 122 Å². The highest BCUT2D eigenvalue weighted by Crippen LogP contribution is 2.30. The van der Waals surface area contributed by atoms with Crippen LogP contribution in [-0.2, 0) is 23.7 Å². The van der Waals surface area contributed by atoms with Crippen molar-refractivity contribution in [2.45, 2.75) is 274 Å². The summed E-state index contributed by atoms with van der Waals surface area (Å²) in [5.74, 6) is -0.302. The maximum absolute atomic E-state index is 13.3. The van der Waals surface area contributed by atoms with Crippen LogP contribution in [0.15, 0.2) is 122 Å². The van der Waals surface area contributed by atoms with Crippen molar-refractivity contribution in [1.82, 2.24) is 5.32 Å². The lowest BCUT2D eigenvalue weighted by atomic mass is 9.97. The van der Waals surface area contributed by atoms with Gasteiger partial charge in [0.2, 0.25) is 5.91 Å². The van der Waals surface area contributed by atoms with Crippen LogP contribution in [-0.4, -0.2) is 140 Å². The quantitative estimate of drug-likeness (QED) is 0.0204. The first-order chi connectivity index (χ1) is 39.6. The second-order valence-electron chi connectivity index (χ2n) is 21.5. The summed E-state index contributed by atoms with van der Waals surface area (Å²) in [4.78, 5) is 13.3. The van der Waals surface area contributed by atoms with E-state index >= 15 is 0 Å². The molecule has 0 spiro atoms. The molecule has 2 aliphatic rings. The van der Waals surface area contributed by atoms with Crippen LogP contribution >= 0.6 is 0 Å². The Kier molecular flexibility index (Phi) is 46.1. The molecule has 9 N–H and O–H groups in total. The molecule has 1 amide bonds. The van der Waals surface area contributed by atoms with Crippen molar-refractivity contribution in [3.8, 4) is 0 Å². The first-order valence-electron chi connectivity index (χ1n) is 31.3. The third-order valence-corrected chi connectivity index (χ3v) is 14.4. The normalized spacial score (nSPS) is 25.0. The van der Waals surface area contributed by atoms with E-state index < -0.39 is 86.8 Å². The van der Waals surface area contributed by atoms with E-state index in [4.69, 9.17) is 18.9 Å². The number of carbonyl (C=O) groups is 1. The SMILES string of the molecule is CC/C=C\C/C=C\C/C=C\C/C=C\C/C=C\C/C=C\C/C=C\C/C=C\C/C=C\CCCC(=O)NC(COC1OC(CO)C(OC2OC(CO)C(O)C(O)C2O)C(O)C1O)C(O)/C=C/CCCCCCCCCCCCCCCCCC. The Balaban J connectivity index is 1.78. The third kappa shape index (κ3) is 36.0. The zero-order valence-electron chi connectivity index (χ0n) is 49.7. The lowest BCUT2D eigenvalue weighted by Gasteiger charge is -2.46. The Morgan fingerprint density at radius 1 is 0.457 bits per heavy atom. The molecule has 0 radical (unpaired) electrons. The van der Waals surface area contributed by atoms with Crippen LogP contribution in [0.4, 0.5) is 0 Å². The van der Waals surface area contributed by atoms with E-state index in [-0.39, 0.29) is 18.9 Å². The van der Waals surface area contributed by atoms with Gasteiger partial charge in [0, 0.05) is 6.42 Å². The number of aliphatic hydroxyl groups is 8. The fourth-order valence-electron chi connectivity index (χ4n) is 9.41. The molecule has 81 heavy (non-hydrogen) atoms. The van der Waals surface area contributed by atoms with E-state index in [9.17, 15) is 45.6 Å². The van der Waals surface area contributed by atoms with E-state index in [0.717, 1.165) is 83.5 Å². The summed E-state index contributed by atoms with van der Waals surface area (Å²) in [6.07, 6.45) is 56.6. The molecule has 12 atom stereocenters. The van der Waals surface area contributed by atoms with Gasteiger partial charge in [0.1, 0.15) is 48.8 Å². The molecule has 0 aromatic carbocycles. The summed E-state index contributed by atoms with van der Waals surface area (Å²) in [7, 11) is 0. The Bertz CT molecular complexity index is 1820. The van der Waals surface area contributed by atoms with Crippen molar-refractivity contribution in [2.24, 2.45) is 0 Å². The van der Waals surface area contributed by atoms with E-state index in [1.165, 1.54) is 83.5 Å². The minimum absolute atomic E-state index is 0.193. The van der Waals surface area contributed by atoms with Crippen molar-refractivity contribution in [1.29, 1.82) is 0 Å². The average molecular weight is 1140 g/mol. The maximum atomic E-state index is 13.3. The number of allylic oxidation sites excluding steroid dienone is 19. The molecule has 12 unspecified atom stereocenters. The van der Waals surface area contributed by atoms with E-state index in [1.807, 2.05) is 12.2 Å². The fraction of sp³-hybridized carbons (Fsp3) is 0.687. The van der Waals surface area contributed by atoms with Crippen LogP contribution in [0, 0.1) is 0 Å². The number of rotatable bonds is 48. The number of nitrogens with one attached hydrogen (secondary N) is 1. The van der Waals surface area contributed by atoms with E-state index in [1.54, 1.807) is 6.08 Å². The number of unbranched alkanes of at least 4 members (excludes halogenated alkanes) is 17. The Hall–Kier alpha value is -3.61. The molecule has 14 nitrogen and oxygen atoms in total. The molecule has 0 aliphatic carbocycles. The summed E-state index contributed by atoms with van der Waals surface area (Å²) in [5, 5.41) is 87.1. The lowest BCUT2D eigenvalue weighted by molar-refractivity contribution is -0.359. The Morgan fingerprint density at radius 3 is 1.30 bits per heavy atom. The summed E-state index contributed by atoms with van der Waals surface area (Å²) < 4.78 is 22.8. The highest BCUT2D eigenvalue weighted by Gasteiger charge is 2.51. The second-order valence-corrected chi connectivity index (χ2v) is 21.5. The monoisotopic (exact) mass is 1140 g/mol. The molecule has 0 bridgehead atoms. The van der Waals surface area contributed by atoms with Crippen LogP contribution in [0.2, 0.25) is 0 Å². The molecule has 2 fully saturated rings. The van der Waals surface area contributed by atoms with Crippen LogP contribution in [0.5, 0.6) is 0 Å². The predicted molar refractivity (Wildman–Crippen MR) is 327 cm³/mol. The zero-order valence-corrected chi connectivity index (χ0v) is 49.7. The van der Waals surface area contributed by atoms with Crippen LogP contribution in [0.1, 0.15) is 200 Å². The molecular weight excluding hydrogens is 1030 g/mol. The Labute approximate surface area is 488 Å². The van der Waals surface area contributed by atoms with Crippen molar-refractivity contribution >= 4 is 5.91 Å². The van der Waals surface area contributed by atoms with Crippen LogP contribution in [0.25, 0.3) is 0 Å². The number of aliphatic hydroxyl groups excluding tert-OH is 8. The van der Waals surface area contributed by atoms with Gasteiger partial charge in [0.25, 0.3) is 0 Å². The number of carbonyl (C=O) groups excluding carboxylic acids is 1. The number of amides is 1. The summed E-state index contributed by atoms with van der Waals surface area (Å²) >= 11 is 0. The highest BCUT2D eigenvalue weighted by molar-refractivity contribution is 5.76. The molecule has 0 aromatic heterocycles. The maximum Gasteiger partial charge on any atom is 0.220 e. The van der Waals surface area contributed by atoms with Crippen molar-refractivity contribution in [3.63, 3.8) is 0 Å². The van der Waals surface area contributed by atoms with Gasteiger partial charge >= 0.3 is 0 Å². The molecule has 462 valence electrons. The van der Waals surface area contributed by atoms with E-state index in [2.05, 4.69) is 122 Å². The van der Waals surface area contributed by atoms with Crippen molar-refractivity contribution in [2.75, 3.05) is 19.8 Å². The average Bonchev–Trinajstić information content (AvgIpc) is 3.47. The zero-order chi connectivity index (χ0) is 58.8. The van der Waals surface area contributed by atoms with Gasteiger partial charge < -0.3 is 65.1 Å². The summed E-state index contributed by atoms with van der Waals surface area (Å²) in [6.45, 7) is 2.64. The van der Waals surface area contributed by atoms with Gasteiger partial charge in [-0.15, -0.1) is 0 Å². The molecule has 0 saturated carbocycles. The first-order valence-corrected chi connectivity index (χ1v) is 31.3. The predicted octanol–water partition coefficient (Wildman–Crippen LogP) is 11.4.